The van der Waals surface area contributed by atoms with E-state index >= 15 is 0 Å². The predicted molar refractivity (Wildman–Crippen MR) is 103 cm³/mol. The number of benzene rings is 1. The van der Waals surface area contributed by atoms with Crippen LogP contribution in [-0.2, 0) is 23.9 Å². The number of carboxylic acids is 2. The standard InChI is InChI=1S/C21H28O7/c1-3-4-10-27-11-12-28-19(22)14-18(21(25)26)17(20(23)24)13-15(2)16-8-6-5-7-9-16/h5-9,13,15,18H,3-4,10-12,14H2,1-2H3,(H,23,24)(H,25,26). The van der Waals surface area contributed by atoms with Gasteiger partial charge in [-0.25, -0.2) is 4.79 Å². The first-order chi connectivity index (χ1) is 13.4. The fraction of sp³-hybridized carbons (Fsp3) is 0.476. The van der Waals surface area contributed by atoms with Crippen LogP contribution in [0.3, 0.4) is 0 Å². The van der Waals surface area contributed by atoms with E-state index in [-0.39, 0.29) is 24.7 Å². The second-order valence-electron chi connectivity index (χ2n) is 6.41. The molecule has 1 aromatic rings. The van der Waals surface area contributed by atoms with E-state index < -0.39 is 30.2 Å². The highest BCUT2D eigenvalue weighted by Gasteiger charge is 2.31. The topological polar surface area (TPSA) is 110 Å². The lowest BCUT2D eigenvalue weighted by Gasteiger charge is -2.15. The normalized spacial score (nSPS) is 13.6. The highest BCUT2D eigenvalue weighted by atomic mass is 16.6. The molecule has 0 fully saturated rings. The fourth-order valence-corrected chi connectivity index (χ4v) is 2.58. The van der Waals surface area contributed by atoms with Crippen LogP contribution >= 0.6 is 0 Å². The average Bonchev–Trinajstić information content (AvgIpc) is 2.67. The third-order valence-corrected chi connectivity index (χ3v) is 4.18. The molecule has 0 aromatic heterocycles. The number of hydrogen-bond donors (Lipinski definition) is 2. The van der Waals surface area contributed by atoms with Gasteiger partial charge in [0.25, 0.3) is 0 Å². The number of rotatable bonds is 13. The van der Waals surface area contributed by atoms with Crippen LogP contribution in [0.4, 0.5) is 0 Å². The number of allylic oxidation sites excluding steroid dienone is 1. The van der Waals surface area contributed by atoms with Crippen molar-refractivity contribution in [3.05, 3.63) is 47.5 Å². The largest absolute Gasteiger partial charge is 0.481 e. The van der Waals surface area contributed by atoms with Crippen LogP contribution in [0.5, 0.6) is 0 Å². The highest BCUT2D eigenvalue weighted by Crippen LogP contribution is 2.24. The molecule has 0 amide bonds. The van der Waals surface area contributed by atoms with Crippen LogP contribution in [0, 0.1) is 5.92 Å². The van der Waals surface area contributed by atoms with Crippen molar-refractivity contribution in [3.63, 3.8) is 0 Å². The summed E-state index contributed by atoms with van der Waals surface area (Å²) in [5.41, 5.74) is 0.511. The zero-order valence-corrected chi connectivity index (χ0v) is 16.3. The molecule has 28 heavy (non-hydrogen) atoms. The van der Waals surface area contributed by atoms with Gasteiger partial charge in [-0.1, -0.05) is 56.7 Å². The Hall–Kier alpha value is -2.67. The minimum Gasteiger partial charge on any atom is -0.481 e. The van der Waals surface area contributed by atoms with Gasteiger partial charge in [0.2, 0.25) is 0 Å². The molecule has 0 spiro atoms. The molecule has 0 saturated carbocycles. The molecule has 2 unspecified atom stereocenters. The Balaban J connectivity index is 2.76. The molecule has 154 valence electrons. The number of aliphatic carboxylic acids is 2. The zero-order valence-electron chi connectivity index (χ0n) is 16.3. The van der Waals surface area contributed by atoms with E-state index in [0.29, 0.717) is 6.61 Å². The lowest BCUT2D eigenvalue weighted by atomic mass is 9.90. The Bertz CT molecular complexity index is 667. The van der Waals surface area contributed by atoms with Crippen molar-refractivity contribution in [1.29, 1.82) is 0 Å². The summed E-state index contributed by atoms with van der Waals surface area (Å²) in [5, 5.41) is 19.0. The van der Waals surface area contributed by atoms with Gasteiger partial charge in [0.1, 0.15) is 6.61 Å². The van der Waals surface area contributed by atoms with Gasteiger partial charge in [-0.2, -0.15) is 0 Å². The number of esters is 1. The molecule has 0 aliphatic heterocycles. The maximum absolute atomic E-state index is 12.0. The lowest BCUT2D eigenvalue weighted by molar-refractivity contribution is -0.152. The SMILES string of the molecule is CCCCOCCOC(=O)CC(C(=O)O)C(=CC(C)c1ccccc1)C(=O)O. The third-order valence-electron chi connectivity index (χ3n) is 4.18. The minimum absolute atomic E-state index is 0.00141. The van der Waals surface area contributed by atoms with Gasteiger partial charge in [-0.15, -0.1) is 0 Å². The number of hydrogen-bond acceptors (Lipinski definition) is 5. The van der Waals surface area contributed by atoms with E-state index in [9.17, 15) is 24.6 Å². The van der Waals surface area contributed by atoms with Gasteiger partial charge in [-0.05, 0) is 17.9 Å². The molecule has 0 aliphatic carbocycles. The first-order valence-electron chi connectivity index (χ1n) is 9.32. The lowest BCUT2D eigenvalue weighted by Crippen LogP contribution is -2.26. The van der Waals surface area contributed by atoms with E-state index in [0.717, 1.165) is 18.4 Å². The molecule has 1 aromatic carbocycles. The van der Waals surface area contributed by atoms with Crippen molar-refractivity contribution in [3.8, 4) is 0 Å². The van der Waals surface area contributed by atoms with Crippen LogP contribution in [0.2, 0.25) is 0 Å². The third kappa shape index (κ3) is 8.35. The first kappa shape index (κ1) is 23.4. The summed E-state index contributed by atoms with van der Waals surface area (Å²) in [4.78, 5) is 35.2. The number of carbonyl (C=O) groups excluding carboxylic acids is 1. The molecule has 0 saturated heterocycles. The molecule has 0 radical (unpaired) electrons. The monoisotopic (exact) mass is 392 g/mol. The summed E-state index contributed by atoms with van der Waals surface area (Å²) in [6.45, 7) is 4.58. The highest BCUT2D eigenvalue weighted by molar-refractivity contribution is 5.95. The summed E-state index contributed by atoms with van der Waals surface area (Å²) < 4.78 is 10.2. The van der Waals surface area contributed by atoms with Crippen molar-refractivity contribution in [1.82, 2.24) is 0 Å². The van der Waals surface area contributed by atoms with Crippen LogP contribution in [0.1, 0.15) is 44.6 Å². The van der Waals surface area contributed by atoms with Gasteiger partial charge < -0.3 is 19.7 Å². The Morgan fingerprint density at radius 2 is 1.75 bits per heavy atom. The summed E-state index contributed by atoms with van der Waals surface area (Å²) >= 11 is 0. The van der Waals surface area contributed by atoms with Crippen LogP contribution in [0.25, 0.3) is 0 Å². The Morgan fingerprint density at radius 3 is 2.32 bits per heavy atom. The Kier molecular flexibility index (Phi) is 10.6. The summed E-state index contributed by atoms with van der Waals surface area (Å²) in [6, 6.07) is 9.11. The van der Waals surface area contributed by atoms with Crippen LogP contribution < -0.4 is 0 Å². The smallest absolute Gasteiger partial charge is 0.332 e. The van der Waals surface area contributed by atoms with Gasteiger partial charge in [0, 0.05) is 12.2 Å². The molecule has 0 bridgehead atoms. The number of carbonyl (C=O) groups is 3. The molecule has 2 atom stereocenters. The van der Waals surface area contributed by atoms with E-state index in [1.54, 1.807) is 6.92 Å². The predicted octanol–water partition coefficient (Wildman–Crippen LogP) is 3.25. The number of unbranched alkanes of at least 4 members (excludes halogenated alkanes) is 1. The summed E-state index contributed by atoms with van der Waals surface area (Å²) in [6.07, 6.45) is 2.72. The minimum atomic E-state index is -1.49. The maximum Gasteiger partial charge on any atom is 0.332 e. The van der Waals surface area contributed by atoms with Crippen molar-refractivity contribution >= 4 is 17.9 Å². The average molecular weight is 392 g/mol. The van der Waals surface area contributed by atoms with E-state index in [1.165, 1.54) is 6.08 Å². The molecule has 0 heterocycles. The number of ether oxygens (including phenoxy) is 2. The Morgan fingerprint density at radius 1 is 1.07 bits per heavy atom. The van der Waals surface area contributed by atoms with Crippen molar-refractivity contribution < 1.29 is 34.1 Å². The number of carboxylic acid groups (broad SMARTS) is 2. The van der Waals surface area contributed by atoms with Crippen molar-refractivity contribution in [2.24, 2.45) is 5.92 Å². The van der Waals surface area contributed by atoms with Crippen molar-refractivity contribution in [2.75, 3.05) is 19.8 Å². The van der Waals surface area contributed by atoms with Gasteiger partial charge in [0.05, 0.1) is 18.9 Å². The molecule has 7 nitrogen and oxygen atoms in total. The van der Waals surface area contributed by atoms with Crippen LogP contribution in [0.15, 0.2) is 42.0 Å². The summed E-state index contributed by atoms with van der Waals surface area (Å²) in [5.74, 6) is -5.34. The molecule has 7 heteroatoms. The molecular formula is C21H28O7. The maximum atomic E-state index is 12.0. The second-order valence-corrected chi connectivity index (χ2v) is 6.41. The van der Waals surface area contributed by atoms with Gasteiger partial charge in [-0.3, -0.25) is 9.59 Å². The summed E-state index contributed by atoms with van der Waals surface area (Å²) in [7, 11) is 0. The first-order valence-corrected chi connectivity index (χ1v) is 9.32. The molecular weight excluding hydrogens is 364 g/mol. The molecule has 0 aliphatic rings. The van der Waals surface area contributed by atoms with E-state index in [1.807, 2.05) is 37.3 Å². The Labute approximate surface area is 165 Å². The van der Waals surface area contributed by atoms with E-state index in [4.69, 9.17) is 9.47 Å². The van der Waals surface area contributed by atoms with Gasteiger partial charge in [0.15, 0.2) is 0 Å². The zero-order chi connectivity index (χ0) is 20.9. The van der Waals surface area contributed by atoms with E-state index in [2.05, 4.69) is 0 Å². The second kappa shape index (κ2) is 12.7. The fourth-order valence-electron chi connectivity index (χ4n) is 2.58. The quantitative estimate of drug-likeness (QED) is 0.301. The van der Waals surface area contributed by atoms with Crippen LogP contribution in [-0.4, -0.2) is 47.9 Å². The van der Waals surface area contributed by atoms with Gasteiger partial charge >= 0.3 is 17.9 Å². The molecule has 1 rings (SSSR count). The molecule has 2 N–H and O–H groups in total. The van der Waals surface area contributed by atoms with Crippen molar-refractivity contribution in [2.45, 2.75) is 39.0 Å².